The van der Waals surface area contributed by atoms with Crippen molar-refractivity contribution in [3.05, 3.63) is 29.1 Å². The summed E-state index contributed by atoms with van der Waals surface area (Å²) in [5.74, 6) is -0.182. The molecule has 1 aliphatic heterocycles. The average molecular weight is 319 g/mol. The lowest BCUT2D eigenvalue weighted by molar-refractivity contribution is -0.234. The first kappa shape index (κ1) is 16.7. The Morgan fingerprint density at radius 3 is 2.50 bits per heavy atom. The highest BCUT2D eigenvalue weighted by atomic mass is 19.4. The van der Waals surface area contributed by atoms with Crippen LogP contribution in [0.2, 0.25) is 0 Å². The summed E-state index contributed by atoms with van der Waals surface area (Å²) in [5.41, 5.74) is -3.63. The minimum absolute atomic E-state index is 0.0187. The van der Waals surface area contributed by atoms with Gasteiger partial charge in [-0.3, -0.25) is 0 Å². The third-order valence-corrected chi connectivity index (χ3v) is 3.92. The lowest BCUT2D eigenvalue weighted by atomic mass is 9.74. The monoisotopic (exact) mass is 319 g/mol. The van der Waals surface area contributed by atoms with Crippen LogP contribution in [0.3, 0.4) is 0 Å². The maximum absolute atomic E-state index is 13.7. The van der Waals surface area contributed by atoms with Crippen molar-refractivity contribution < 1.29 is 27.4 Å². The summed E-state index contributed by atoms with van der Waals surface area (Å²) in [5, 5.41) is 16.7. The molecule has 0 radical (unpaired) electrons. The van der Waals surface area contributed by atoms with Gasteiger partial charge in [0.15, 0.2) is 5.60 Å². The summed E-state index contributed by atoms with van der Waals surface area (Å²) in [6, 6.07) is 2.43. The van der Waals surface area contributed by atoms with E-state index in [-0.39, 0.29) is 11.8 Å². The first-order valence-electron chi connectivity index (χ1n) is 6.77. The molecule has 0 spiro atoms. The van der Waals surface area contributed by atoms with Gasteiger partial charge in [0.2, 0.25) is 0 Å². The van der Waals surface area contributed by atoms with Gasteiger partial charge in [-0.1, -0.05) is 13.8 Å². The molecule has 0 aliphatic carbocycles. The van der Waals surface area contributed by atoms with E-state index in [4.69, 9.17) is 10.1 Å². The van der Waals surface area contributed by atoms with E-state index in [1.165, 1.54) is 19.9 Å². The third kappa shape index (κ3) is 2.82. The minimum atomic E-state index is -4.98. The lowest BCUT2D eigenvalue weighted by Gasteiger charge is -2.35. The van der Waals surface area contributed by atoms with Gasteiger partial charge >= 0.3 is 6.18 Å². The maximum atomic E-state index is 13.7. The highest BCUT2D eigenvalue weighted by molar-refractivity contribution is 5.67. The van der Waals surface area contributed by atoms with Crippen molar-refractivity contribution >= 4 is 6.21 Å². The highest BCUT2D eigenvalue weighted by Gasteiger charge is 2.55. The van der Waals surface area contributed by atoms with Crippen molar-refractivity contribution in [3.8, 4) is 5.75 Å². The Bertz CT molecular complexity index is 598. The molecule has 1 aromatic carbocycles. The summed E-state index contributed by atoms with van der Waals surface area (Å²) in [7, 11) is 0. The van der Waals surface area contributed by atoms with Crippen molar-refractivity contribution in [2.75, 3.05) is 6.61 Å². The van der Waals surface area contributed by atoms with Gasteiger partial charge in [0.05, 0.1) is 6.61 Å². The molecule has 1 heterocycles. The first-order chi connectivity index (χ1) is 10.00. The Morgan fingerprint density at radius 1 is 1.32 bits per heavy atom. The zero-order valence-corrected chi connectivity index (χ0v) is 12.2. The number of benzene rings is 1. The summed E-state index contributed by atoms with van der Waals surface area (Å²) in [6.07, 6.45) is -5.31. The Hall–Kier alpha value is -1.63. The van der Waals surface area contributed by atoms with Crippen LogP contribution in [-0.4, -0.2) is 29.7 Å². The first-order valence-corrected chi connectivity index (χ1v) is 6.77. The van der Waals surface area contributed by atoms with Crippen LogP contribution >= 0.6 is 0 Å². The molecule has 7 heteroatoms. The van der Waals surface area contributed by atoms with Gasteiger partial charge in [0.1, 0.15) is 11.6 Å². The summed E-state index contributed by atoms with van der Waals surface area (Å²) < 4.78 is 58.1. The van der Waals surface area contributed by atoms with Crippen molar-refractivity contribution in [2.24, 2.45) is 0 Å². The van der Waals surface area contributed by atoms with E-state index < -0.39 is 29.4 Å². The third-order valence-electron chi connectivity index (χ3n) is 3.92. The summed E-state index contributed by atoms with van der Waals surface area (Å²) >= 11 is 0. The molecule has 1 aliphatic rings. The van der Waals surface area contributed by atoms with Crippen molar-refractivity contribution in [3.63, 3.8) is 0 Å². The molecular formula is C15H17F4NO2. The lowest BCUT2D eigenvalue weighted by Crippen LogP contribution is -2.50. The Morgan fingerprint density at radius 2 is 1.95 bits per heavy atom. The second-order valence-corrected chi connectivity index (χ2v) is 6.17. The van der Waals surface area contributed by atoms with E-state index in [0.717, 1.165) is 6.07 Å². The Labute approximate surface area is 125 Å². The van der Waals surface area contributed by atoms with E-state index in [0.29, 0.717) is 24.3 Å². The number of alkyl halides is 3. The van der Waals surface area contributed by atoms with Gasteiger partial charge in [-0.05, 0) is 24.0 Å². The van der Waals surface area contributed by atoms with Crippen LogP contribution in [0.25, 0.3) is 0 Å². The van der Waals surface area contributed by atoms with Gasteiger partial charge in [-0.15, -0.1) is 0 Å². The predicted octanol–water partition coefficient (Wildman–Crippen LogP) is 3.37. The molecule has 2 N–H and O–H groups in total. The molecule has 0 fully saturated rings. The van der Waals surface area contributed by atoms with Gasteiger partial charge in [0, 0.05) is 23.8 Å². The van der Waals surface area contributed by atoms with Crippen LogP contribution in [0.5, 0.6) is 5.75 Å². The molecule has 0 bridgehead atoms. The highest BCUT2D eigenvalue weighted by Crippen LogP contribution is 2.45. The van der Waals surface area contributed by atoms with Gasteiger partial charge in [0.25, 0.3) is 0 Å². The second kappa shape index (κ2) is 5.22. The number of hydrogen-bond acceptors (Lipinski definition) is 3. The zero-order chi connectivity index (χ0) is 16.8. The molecule has 0 aromatic heterocycles. The molecule has 0 amide bonds. The van der Waals surface area contributed by atoms with Gasteiger partial charge in [-0.25, -0.2) is 4.39 Å². The fourth-order valence-corrected chi connectivity index (χ4v) is 2.77. The molecule has 1 atom stereocenters. The van der Waals surface area contributed by atoms with Crippen LogP contribution < -0.4 is 4.74 Å². The Kier molecular flexibility index (Phi) is 3.97. The Balaban J connectivity index is 2.46. The largest absolute Gasteiger partial charge is 0.493 e. The van der Waals surface area contributed by atoms with Crippen LogP contribution in [0.15, 0.2) is 12.1 Å². The van der Waals surface area contributed by atoms with Crippen molar-refractivity contribution in [2.45, 2.75) is 43.9 Å². The van der Waals surface area contributed by atoms with Crippen molar-refractivity contribution in [1.29, 1.82) is 5.41 Å². The fraction of sp³-hybridized carbons (Fsp3) is 0.533. The molecule has 2 rings (SSSR count). The van der Waals surface area contributed by atoms with Crippen molar-refractivity contribution in [1.82, 2.24) is 0 Å². The van der Waals surface area contributed by atoms with Gasteiger partial charge in [-0.2, -0.15) is 13.2 Å². The molecule has 22 heavy (non-hydrogen) atoms. The zero-order valence-electron chi connectivity index (χ0n) is 12.2. The summed E-state index contributed by atoms with van der Waals surface area (Å²) in [6.45, 7) is 3.27. The number of rotatable bonds is 4. The van der Waals surface area contributed by atoms with E-state index in [2.05, 4.69) is 0 Å². The number of halogens is 4. The van der Waals surface area contributed by atoms with E-state index in [9.17, 15) is 22.7 Å². The molecular weight excluding hydrogens is 302 g/mol. The smallest absolute Gasteiger partial charge is 0.422 e. The molecule has 1 unspecified atom stereocenters. The number of aliphatic hydroxyl groups is 1. The molecule has 3 nitrogen and oxygen atoms in total. The van der Waals surface area contributed by atoms with Crippen LogP contribution in [0.4, 0.5) is 17.6 Å². The molecule has 0 saturated carbocycles. The average Bonchev–Trinajstić information content (AvgIpc) is 2.83. The number of fused-ring (bicyclic) bond motifs is 1. The summed E-state index contributed by atoms with van der Waals surface area (Å²) in [4.78, 5) is 0. The quantitative estimate of drug-likeness (QED) is 0.660. The van der Waals surface area contributed by atoms with Crippen LogP contribution in [0.1, 0.15) is 31.4 Å². The maximum Gasteiger partial charge on any atom is 0.422 e. The SMILES string of the molecule is CC(C)(CC(O)(C=N)C(F)(F)F)c1cc(F)cc2c1OCC2. The van der Waals surface area contributed by atoms with Crippen LogP contribution in [-0.2, 0) is 11.8 Å². The van der Waals surface area contributed by atoms with E-state index in [1.54, 1.807) is 0 Å². The fourth-order valence-electron chi connectivity index (χ4n) is 2.77. The van der Waals surface area contributed by atoms with E-state index >= 15 is 0 Å². The number of hydrogen-bond donors (Lipinski definition) is 2. The van der Waals surface area contributed by atoms with Crippen LogP contribution in [0, 0.1) is 11.2 Å². The predicted molar refractivity (Wildman–Crippen MR) is 73.0 cm³/mol. The van der Waals surface area contributed by atoms with E-state index in [1.807, 2.05) is 0 Å². The topological polar surface area (TPSA) is 53.3 Å². The molecule has 0 saturated heterocycles. The van der Waals surface area contributed by atoms with Gasteiger partial charge < -0.3 is 15.3 Å². The minimum Gasteiger partial charge on any atom is -0.493 e. The number of nitrogens with one attached hydrogen (secondary N) is 1. The number of ether oxygens (including phenoxy) is 1. The normalized spacial score (nSPS) is 17.6. The second-order valence-electron chi connectivity index (χ2n) is 6.17. The molecule has 122 valence electrons. The molecule has 1 aromatic rings. The standard InChI is InChI=1S/C15H17F4NO2/c1-13(2,7-14(21,8-20)15(17,18)19)11-6-10(16)5-9-3-4-22-12(9)11/h5-6,8,20-21H,3-4,7H2,1-2H3.